The van der Waals surface area contributed by atoms with Crippen molar-refractivity contribution in [3.05, 3.63) is 83.2 Å². The Hall–Kier alpha value is -3.01. The second-order valence-corrected chi connectivity index (χ2v) is 10.4. The number of piperidine rings is 1. The van der Waals surface area contributed by atoms with E-state index < -0.39 is 10.0 Å². The molecule has 0 unspecified atom stereocenters. The standard InChI is InChI=1S/C23H23N3O4S2/c27-22(17-7-2-1-3-8-17)24-20-10-5-4-9-19(20)23(28)26-14-12-18(13-15-26)25-32(29,30)21-11-6-16-31-21/h1-11,16,18,25H,12-15H2,(H,24,27). The summed E-state index contributed by atoms with van der Waals surface area (Å²) in [6.45, 7) is 0.856. The number of carbonyl (C=O) groups is 2. The predicted octanol–water partition coefficient (Wildman–Crippen LogP) is 3.58. The highest BCUT2D eigenvalue weighted by molar-refractivity contribution is 7.91. The molecule has 32 heavy (non-hydrogen) atoms. The Bertz CT molecular complexity index is 1190. The number of nitrogens with zero attached hydrogens (tertiary/aromatic N) is 1. The number of hydrogen-bond acceptors (Lipinski definition) is 5. The minimum Gasteiger partial charge on any atom is -0.338 e. The Labute approximate surface area is 191 Å². The zero-order chi connectivity index (χ0) is 22.6. The van der Waals surface area contributed by atoms with Crippen LogP contribution in [0.5, 0.6) is 0 Å². The van der Waals surface area contributed by atoms with Gasteiger partial charge >= 0.3 is 0 Å². The Kier molecular flexibility index (Phi) is 6.69. The summed E-state index contributed by atoms with van der Waals surface area (Å²) in [5.74, 6) is -0.471. The second-order valence-electron chi connectivity index (χ2n) is 7.49. The van der Waals surface area contributed by atoms with Crippen LogP contribution in [0, 0.1) is 0 Å². The number of anilines is 1. The Balaban J connectivity index is 1.40. The molecule has 0 spiro atoms. The molecule has 2 amide bonds. The van der Waals surface area contributed by atoms with Gasteiger partial charge in [-0.05, 0) is 48.6 Å². The Morgan fingerprint density at radius 1 is 0.906 bits per heavy atom. The SMILES string of the molecule is O=C(Nc1ccccc1C(=O)N1CCC(NS(=O)(=O)c2cccs2)CC1)c1ccccc1. The molecule has 0 bridgehead atoms. The molecule has 0 atom stereocenters. The van der Waals surface area contributed by atoms with Crippen molar-refractivity contribution < 1.29 is 18.0 Å². The van der Waals surface area contributed by atoms with Crippen molar-refractivity contribution in [1.29, 1.82) is 0 Å². The average Bonchev–Trinajstić information content (AvgIpc) is 3.36. The molecule has 3 aromatic rings. The van der Waals surface area contributed by atoms with E-state index in [1.165, 1.54) is 11.3 Å². The highest BCUT2D eigenvalue weighted by Crippen LogP contribution is 2.22. The zero-order valence-corrected chi connectivity index (χ0v) is 18.9. The maximum absolute atomic E-state index is 13.2. The van der Waals surface area contributed by atoms with E-state index in [1.54, 1.807) is 70.9 Å². The first-order valence-corrected chi connectivity index (χ1v) is 12.6. The monoisotopic (exact) mass is 469 g/mol. The number of para-hydroxylation sites is 1. The lowest BCUT2D eigenvalue weighted by atomic mass is 10.0. The lowest BCUT2D eigenvalue weighted by molar-refractivity contribution is 0.0712. The molecule has 1 saturated heterocycles. The molecule has 7 nitrogen and oxygen atoms in total. The van der Waals surface area contributed by atoms with Gasteiger partial charge in [0, 0.05) is 24.7 Å². The van der Waals surface area contributed by atoms with Gasteiger partial charge in [0.25, 0.3) is 11.8 Å². The van der Waals surface area contributed by atoms with Crippen LogP contribution in [0.1, 0.15) is 33.6 Å². The van der Waals surface area contributed by atoms with Gasteiger partial charge in [0.05, 0.1) is 11.3 Å². The Morgan fingerprint density at radius 2 is 1.59 bits per heavy atom. The summed E-state index contributed by atoms with van der Waals surface area (Å²) in [5.41, 5.74) is 1.37. The first-order valence-electron chi connectivity index (χ1n) is 10.2. The third-order valence-electron chi connectivity index (χ3n) is 5.31. The van der Waals surface area contributed by atoms with Crippen LogP contribution in [0.2, 0.25) is 0 Å². The fourth-order valence-corrected chi connectivity index (χ4v) is 5.94. The van der Waals surface area contributed by atoms with E-state index in [2.05, 4.69) is 10.0 Å². The van der Waals surface area contributed by atoms with Gasteiger partial charge in [0.2, 0.25) is 10.0 Å². The van der Waals surface area contributed by atoms with Crippen LogP contribution in [0.15, 0.2) is 76.3 Å². The smallest absolute Gasteiger partial charge is 0.255 e. The first kappa shape index (κ1) is 22.2. The molecule has 2 aromatic carbocycles. The topological polar surface area (TPSA) is 95.6 Å². The third-order valence-corrected chi connectivity index (χ3v) is 8.22. The number of hydrogen-bond donors (Lipinski definition) is 2. The summed E-state index contributed by atoms with van der Waals surface area (Å²) >= 11 is 1.18. The van der Waals surface area contributed by atoms with Crippen molar-refractivity contribution in [3.8, 4) is 0 Å². The minimum absolute atomic E-state index is 0.187. The summed E-state index contributed by atoms with van der Waals surface area (Å²) in [6.07, 6.45) is 1.05. The van der Waals surface area contributed by atoms with Gasteiger partial charge in [-0.25, -0.2) is 13.1 Å². The predicted molar refractivity (Wildman–Crippen MR) is 124 cm³/mol. The summed E-state index contributed by atoms with van der Waals surface area (Å²) in [7, 11) is -3.54. The van der Waals surface area contributed by atoms with Crippen LogP contribution in [-0.4, -0.2) is 44.3 Å². The molecule has 0 aliphatic carbocycles. The van der Waals surface area contributed by atoms with Crippen LogP contribution < -0.4 is 10.0 Å². The molecular formula is C23H23N3O4S2. The summed E-state index contributed by atoms with van der Waals surface area (Å²) < 4.78 is 27.9. The van der Waals surface area contributed by atoms with E-state index >= 15 is 0 Å². The van der Waals surface area contributed by atoms with Crippen molar-refractivity contribution in [2.75, 3.05) is 18.4 Å². The van der Waals surface area contributed by atoms with E-state index in [-0.39, 0.29) is 17.9 Å². The quantitative estimate of drug-likeness (QED) is 0.577. The highest BCUT2D eigenvalue weighted by atomic mass is 32.2. The number of amides is 2. The van der Waals surface area contributed by atoms with Gasteiger partial charge in [0.15, 0.2) is 0 Å². The van der Waals surface area contributed by atoms with E-state index in [1.807, 2.05) is 6.07 Å². The number of likely N-dealkylation sites (tertiary alicyclic amines) is 1. The van der Waals surface area contributed by atoms with Crippen LogP contribution in [0.4, 0.5) is 5.69 Å². The van der Waals surface area contributed by atoms with Gasteiger partial charge in [-0.1, -0.05) is 36.4 Å². The van der Waals surface area contributed by atoms with Crippen molar-refractivity contribution in [2.24, 2.45) is 0 Å². The van der Waals surface area contributed by atoms with Gasteiger partial charge in [0.1, 0.15) is 4.21 Å². The highest BCUT2D eigenvalue weighted by Gasteiger charge is 2.28. The fourth-order valence-electron chi connectivity index (χ4n) is 3.63. The molecule has 2 N–H and O–H groups in total. The molecule has 1 fully saturated rings. The maximum atomic E-state index is 13.2. The molecule has 0 saturated carbocycles. The van der Waals surface area contributed by atoms with Crippen molar-refractivity contribution in [1.82, 2.24) is 9.62 Å². The molecule has 2 heterocycles. The fraction of sp³-hybridized carbons (Fsp3) is 0.217. The normalized spacial score (nSPS) is 14.8. The summed E-state index contributed by atoms with van der Waals surface area (Å²) in [5, 5.41) is 4.55. The van der Waals surface area contributed by atoms with E-state index in [0.717, 1.165) is 0 Å². The van der Waals surface area contributed by atoms with E-state index in [4.69, 9.17) is 0 Å². The molecule has 166 valence electrons. The molecule has 1 aliphatic rings. The number of sulfonamides is 1. The van der Waals surface area contributed by atoms with Crippen LogP contribution in [0.25, 0.3) is 0 Å². The molecule has 4 rings (SSSR count). The summed E-state index contributed by atoms with van der Waals surface area (Å²) in [4.78, 5) is 27.4. The van der Waals surface area contributed by atoms with Gasteiger partial charge in [-0.3, -0.25) is 9.59 Å². The number of carbonyl (C=O) groups excluding carboxylic acids is 2. The second kappa shape index (κ2) is 9.64. The lowest BCUT2D eigenvalue weighted by Crippen LogP contribution is -2.46. The largest absolute Gasteiger partial charge is 0.338 e. The van der Waals surface area contributed by atoms with Crippen LogP contribution in [-0.2, 0) is 10.0 Å². The van der Waals surface area contributed by atoms with E-state index in [0.29, 0.717) is 47.0 Å². The third kappa shape index (κ3) is 5.07. The molecule has 0 radical (unpaired) electrons. The first-order chi connectivity index (χ1) is 15.4. The molecule has 1 aromatic heterocycles. The summed E-state index contributed by atoms with van der Waals surface area (Å²) in [6, 6.07) is 18.8. The number of thiophene rings is 1. The van der Waals surface area contributed by atoms with Crippen molar-refractivity contribution >= 4 is 38.9 Å². The number of rotatable bonds is 6. The van der Waals surface area contributed by atoms with Gasteiger partial charge in [-0.2, -0.15) is 0 Å². The number of benzene rings is 2. The average molecular weight is 470 g/mol. The minimum atomic E-state index is -3.54. The van der Waals surface area contributed by atoms with E-state index in [9.17, 15) is 18.0 Å². The van der Waals surface area contributed by atoms with Crippen molar-refractivity contribution in [3.63, 3.8) is 0 Å². The molecule has 9 heteroatoms. The molecular weight excluding hydrogens is 446 g/mol. The van der Waals surface area contributed by atoms with Gasteiger partial charge < -0.3 is 10.2 Å². The zero-order valence-electron chi connectivity index (χ0n) is 17.2. The number of nitrogens with one attached hydrogen (secondary N) is 2. The van der Waals surface area contributed by atoms with Crippen LogP contribution >= 0.6 is 11.3 Å². The lowest BCUT2D eigenvalue weighted by Gasteiger charge is -2.32. The van der Waals surface area contributed by atoms with Crippen LogP contribution in [0.3, 0.4) is 0 Å². The van der Waals surface area contributed by atoms with Crippen molar-refractivity contribution in [2.45, 2.75) is 23.1 Å². The Morgan fingerprint density at radius 3 is 2.28 bits per heavy atom. The van der Waals surface area contributed by atoms with Gasteiger partial charge in [-0.15, -0.1) is 11.3 Å². The maximum Gasteiger partial charge on any atom is 0.255 e. The molecule has 1 aliphatic heterocycles.